The fraction of sp³-hybridized carbons (Fsp3) is 0.957. The summed E-state index contributed by atoms with van der Waals surface area (Å²) in [5.41, 5.74) is -0.597. The van der Waals surface area contributed by atoms with E-state index >= 15 is 0 Å². The number of carbonyl (C=O) groups excluding carboxylic acids is 1. The van der Waals surface area contributed by atoms with Gasteiger partial charge < -0.3 is 14.2 Å². The summed E-state index contributed by atoms with van der Waals surface area (Å²) in [6.07, 6.45) is 10.8. The van der Waals surface area contributed by atoms with Crippen molar-refractivity contribution >= 4 is 5.97 Å². The zero-order valence-corrected chi connectivity index (χ0v) is 17.9. The summed E-state index contributed by atoms with van der Waals surface area (Å²) in [6.45, 7) is 2.51. The van der Waals surface area contributed by atoms with Gasteiger partial charge in [0.25, 0.3) is 5.92 Å². The van der Waals surface area contributed by atoms with E-state index in [2.05, 4.69) is 6.92 Å². The Bertz CT molecular complexity index is 580. The third-order valence-corrected chi connectivity index (χ3v) is 7.90. The van der Waals surface area contributed by atoms with E-state index < -0.39 is 12.5 Å². The maximum Gasteiger partial charge on any atom is 0.332 e. The van der Waals surface area contributed by atoms with Crippen LogP contribution in [0.4, 0.5) is 8.78 Å². The highest BCUT2D eigenvalue weighted by molar-refractivity contribution is 5.71. The molecule has 5 fully saturated rings. The smallest absolute Gasteiger partial charge is 0.332 e. The normalized spacial score (nSPS) is 38.2. The van der Waals surface area contributed by atoms with Crippen LogP contribution in [0.2, 0.25) is 0 Å². The summed E-state index contributed by atoms with van der Waals surface area (Å²) >= 11 is 0. The molecule has 2 unspecified atom stereocenters. The SMILES string of the molecule is CCC1(OC(=O)COC23CC4CC(C2)C(OCC(C)(F)F)C(C4)C3)CCCCC1. The van der Waals surface area contributed by atoms with E-state index in [9.17, 15) is 13.6 Å². The molecule has 0 aromatic heterocycles. The number of alkyl halides is 2. The van der Waals surface area contributed by atoms with Crippen LogP contribution in [0.3, 0.4) is 0 Å². The molecule has 5 aliphatic rings. The van der Waals surface area contributed by atoms with Crippen molar-refractivity contribution in [2.75, 3.05) is 13.2 Å². The first-order valence-corrected chi connectivity index (χ1v) is 11.6. The van der Waals surface area contributed by atoms with Gasteiger partial charge in [0, 0.05) is 6.92 Å². The molecule has 5 rings (SSSR count). The van der Waals surface area contributed by atoms with Gasteiger partial charge in [-0.2, -0.15) is 0 Å². The lowest BCUT2D eigenvalue weighted by atomic mass is 9.53. The van der Waals surface area contributed by atoms with E-state index in [1.54, 1.807) is 0 Å². The van der Waals surface area contributed by atoms with Crippen molar-refractivity contribution in [3.05, 3.63) is 0 Å². The van der Waals surface area contributed by atoms with Gasteiger partial charge in [0.2, 0.25) is 0 Å². The number of esters is 1. The summed E-state index contributed by atoms with van der Waals surface area (Å²) < 4.78 is 44.4. The van der Waals surface area contributed by atoms with Crippen LogP contribution in [-0.2, 0) is 19.0 Å². The molecule has 5 saturated carbocycles. The van der Waals surface area contributed by atoms with Crippen LogP contribution in [0.25, 0.3) is 0 Å². The van der Waals surface area contributed by atoms with Crippen molar-refractivity contribution in [1.29, 1.82) is 0 Å². The van der Waals surface area contributed by atoms with Gasteiger partial charge in [0.1, 0.15) is 18.8 Å². The van der Waals surface area contributed by atoms with Gasteiger partial charge in [0.05, 0.1) is 11.7 Å². The molecular formula is C23H36F2O4. The molecule has 0 radical (unpaired) electrons. The standard InChI is InChI=1S/C23H36F2O4/c1-3-22(7-5-4-6-8-22)29-19(26)14-28-23-11-16-9-17(12-23)20(18(10-16)13-23)27-15-21(2,24)25/h16-18,20H,3-15H2,1-2H3. The minimum atomic E-state index is -2.79. The van der Waals surface area contributed by atoms with E-state index in [0.717, 1.165) is 71.1 Å². The maximum absolute atomic E-state index is 13.3. The van der Waals surface area contributed by atoms with Crippen molar-refractivity contribution in [3.8, 4) is 0 Å². The average molecular weight is 415 g/mol. The Morgan fingerprint density at radius 1 is 1.07 bits per heavy atom. The predicted octanol–water partition coefficient (Wildman–Crippen LogP) is 5.28. The van der Waals surface area contributed by atoms with Gasteiger partial charge in [-0.05, 0) is 82.0 Å². The molecule has 0 amide bonds. The zero-order chi connectivity index (χ0) is 20.7. The topological polar surface area (TPSA) is 44.8 Å². The third kappa shape index (κ3) is 4.79. The average Bonchev–Trinajstić information content (AvgIpc) is 2.65. The predicted molar refractivity (Wildman–Crippen MR) is 105 cm³/mol. The van der Waals surface area contributed by atoms with Gasteiger partial charge in [-0.15, -0.1) is 0 Å². The molecule has 0 aliphatic heterocycles. The second-order valence-corrected chi connectivity index (χ2v) is 10.4. The molecule has 5 aliphatic carbocycles. The quantitative estimate of drug-likeness (QED) is 0.507. The van der Waals surface area contributed by atoms with Crippen LogP contribution in [-0.4, -0.2) is 42.4 Å². The molecule has 0 heterocycles. The van der Waals surface area contributed by atoms with Crippen molar-refractivity contribution < 1.29 is 27.8 Å². The number of carbonyl (C=O) groups is 1. The van der Waals surface area contributed by atoms with E-state index in [1.165, 1.54) is 6.42 Å². The van der Waals surface area contributed by atoms with Gasteiger partial charge in [-0.3, -0.25) is 0 Å². The molecule has 0 saturated heterocycles. The molecule has 4 bridgehead atoms. The Labute approximate surface area is 173 Å². The number of halogens is 2. The van der Waals surface area contributed by atoms with Crippen LogP contribution in [0.5, 0.6) is 0 Å². The van der Waals surface area contributed by atoms with Crippen LogP contribution in [0.15, 0.2) is 0 Å². The van der Waals surface area contributed by atoms with Crippen LogP contribution >= 0.6 is 0 Å². The highest BCUT2D eigenvalue weighted by Gasteiger charge is 2.57. The van der Waals surface area contributed by atoms with Crippen LogP contribution in [0, 0.1) is 17.8 Å². The Hall–Kier alpha value is -0.750. The molecule has 29 heavy (non-hydrogen) atoms. The number of ether oxygens (including phenoxy) is 3. The lowest BCUT2D eigenvalue weighted by molar-refractivity contribution is -0.228. The molecule has 166 valence electrons. The van der Waals surface area contributed by atoms with Crippen LogP contribution < -0.4 is 0 Å². The monoisotopic (exact) mass is 414 g/mol. The molecule has 4 nitrogen and oxygen atoms in total. The minimum Gasteiger partial charge on any atom is -0.457 e. The van der Waals surface area contributed by atoms with E-state index in [1.807, 2.05) is 0 Å². The lowest BCUT2D eigenvalue weighted by Crippen LogP contribution is -2.59. The number of rotatable bonds is 8. The fourth-order valence-corrected chi connectivity index (χ4v) is 6.80. The second kappa shape index (κ2) is 8.07. The second-order valence-electron chi connectivity index (χ2n) is 10.4. The molecule has 0 spiro atoms. The molecule has 2 atom stereocenters. The fourth-order valence-electron chi connectivity index (χ4n) is 6.80. The molecular weight excluding hydrogens is 378 g/mol. The summed E-state index contributed by atoms with van der Waals surface area (Å²) in [5, 5.41) is 0. The number of hydrogen-bond acceptors (Lipinski definition) is 4. The first kappa shape index (κ1) is 21.5. The molecule has 0 aromatic carbocycles. The lowest BCUT2D eigenvalue weighted by Gasteiger charge is -2.59. The van der Waals surface area contributed by atoms with Gasteiger partial charge in [-0.1, -0.05) is 13.3 Å². The van der Waals surface area contributed by atoms with Crippen molar-refractivity contribution in [2.45, 2.75) is 108 Å². The van der Waals surface area contributed by atoms with Crippen molar-refractivity contribution in [2.24, 2.45) is 17.8 Å². The van der Waals surface area contributed by atoms with Crippen LogP contribution in [0.1, 0.15) is 84.5 Å². The highest BCUT2D eigenvalue weighted by atomic mass is 19.3. The summed E-state index contributed by atoms with van der Waals surface area (Å²) in [5.74, 6) is -1.95. The Morgan fingerprint density at radius 3 is 2.31 bits per heavy atom. The molecule has 0 aromatic rings. The first-order valence-electron chi connectivity index (χ1n) is 11.6. The van der Waals surface area contributed by atoms with Crippen molar-refractivity contribution in [3.63, 3.8) is 0 Å². The summed E-state index contributed by atoms with van der Waals surface area (Å²) in [4.78, 5) is 12.6. The molecule has 0 N–H and O–H groups in total. The van der Waals surface area contributed by atoms with E-state index in [4.69, 9.17) is 14.2 Å². The van der Waals surface area contributed by atoms with E-state index in [-0.39, 0.29) is 41.7 Å². The summed E-state index contributed by atoms with van der Waals surface area (Å²) in [7, 11) is 0. The largest absolute Gasteiger partial charge is 0.457 e. The Kier molecular flexibility index (Phi) is 5.97. The Morgan fingerprint density at radius 2 is 1.72 bits per heavy atom. The third-order valence-electron chi connectivity index (χ3n) is 7.90. The Balaban J connectivity index is 1.32. The van der Waals surface area contributed by atoms with Gasteiger partial charge >= 0.3 is 5.97 Å². The maximum atomic E-state index is 13.3. The first-order chi connectivity index (χ1) is 13.7. The molecule has 6 heteroatoms. The van der Waals surface area contributed by atoms with Gasteiger partial charge in [0.15, 0.2) is 0 Å². The highest BCUT2D eigenvalue weighted by Crippen LogP contribution is 2.58. The minimum absolute atomic E-state index is 0.00641. The summed E-state index contributed by atoms with van der Waals surface area (Å²) in [6, 6.07) is 0. The zero-order valence-electron chi connectivity index (χ0n) is 17.9. The van der Waals surface area contributed by atoms with Crippen molar-refractivity contribution in [1.82, 2.24) is 0 Å². The number of hydrogen-bond donors (Lipinski definition) is 0. The van der Waals surface area contributed by atoms with E-state index in [0.29, 0.717) is 5.92 Å². The van der Waals surface area contributed by atoms with Gasteiger partial charge in [-0.25, -0.2) is 13.6 Å².